The zero-order valence-corrected chi connectivity index (χ0v) is 13.8. The Kier molecular flexibility index (Phi) is 4.55. The molecular weight excluding hydrogens is 364 g/mol. The van der Waals surface area contributed by atoms with Crippen LogP contribution in [0.1, 0.15) is 5.56 Å². The van der Waals surface area contributed by atoms with Gasteiger partial charge in [-0.1, -0.05) is 35.3 Å². The number of hydrogen-bond acceptors (Lipinski definition) is 3. The van der Waals surface area contributed by atoms with Gasteiger partial charge in [-0.05, 0) is 18.2 Å². The number of benzene rings is 2. The van der Waals surface area contributed by atoms with Crippen molar-refractivity contribution < 1.29 is 17.9 Å². The number of halogens is 5. The lowest BCUT2D eigenvalue weighted by molar-refractivity contribution is -0.137. The van der Waals surface area contributed by atoms with Crippen molar-refractivity contribution in [2.45, 2.75) is 12.3 Å². The van der Waals surface area contributed by atoms with Crippen molar-refractivity contribution in [2.24, 2.45) is 5.73 Å². The van der Waals surface area contributed by atoms with Gasteiger partial charge >= 0.3 is 6.18 Å². The lowest BCUT2D eigenvalue weighted by Gasteiger charge is -2.28. The summed E-state index contributed by atoms with van der Waals surface area (Å²) in [6.45, 7) is 0.844. The summed E-state index contributed by atoms with van der Waals surface area (Å²) < 4.78 is 44.5. The van der Waals surface area contributed by atoms with Gasteiger partial charge in [0.2, 0.25) is 0 Å². The highest BCUT2D eigenvalue weighted by Crippen LogP contribution is 2.46. The first-order valence-electron chi connectivity index (χ1n) is 7.11. The molecule has 3 N–H and O–H groups in total. The molecule has 1 aliphatic rings. The molecule has 3 nitrogen and oxygen atoms in total. The van der Waals surface area contributed by atoms with Crippen molar-refractivity contribution >= 4 is 28.9 Å². The van der Waals surface area contributed by atoms with Crippen LogP contribution in [0.15, 0.2) is 30.3 Å². The highest BCUT2D eigenvalue weighted by Gasteiger charge is 2.33. The number of ether oxygens (including phenoxy) is 1. The standard InChI is InChI=1S/C16H13Cl2F3N2O/c17-11-4-8(16(19,20)21)5-12(18)14(11)10-2-1-3-13-15(10)24-9(6-22)7-23-13/h1-5,9,23H,6-7,22H2/t9-/m0/s1. The predicted molar refractivity (Wildman–Crippen MR) is 88.9 cm³/mol. The van der Waals surface area contributed by atoms with Crippen LogP contribution < -0.4 is 15.8 Å². The summed E-state index contributed by atoms with van der Waals surface area (Å²) in [7, 11) is 0. The topological polar surface area (TPSA) is 47.3 Å². The number of anilines is 1. The van der Waals surface area contributed by atoms with Gasteiger partial charge in [-0.15, -0.1) is 0 Å². The summed E-state index contributed by atoms with van der Waals surface area (Å²) in [4.78, 5) is 0. The van der Waals surface area contributed by atoms with E-state index in [1.807, 2.05) is 0 Å². The third kappa shape index (κ3) is 3.14. The third-order valence-corrected chi connectivity index (χ3v) is 4.32. The first kappa shape index (κ1) is 17.2. The molecule has 0 radical (unpaired) electrons. The molecule has 0 fully saturated rings. The molecule has 2 aromatic carbocycles. The van der Waals surface area contributed by atoms with Gasteiger partial charge in [0.25, 0.3) is 0 Å². The second kappa shape index (κ2) is 6.35. The SMILES string of the molecule is NC[C@H]1CNc2cccc(-c3c(Cl)cc(C(F)(F)F)cc3Cl)c2O1. The minimum absolute atomic E-state index is 0.0957. The minimum Gasteiger partial charge on any atom is -0.484 e. The summed E-state index contributed by atoms with van der Waals surface area (Å²) in [6.07, 6.45) is -4.77. The van der Waals surface area contributed by atoms with Gasteiger partial charge in [0.1, 0.15) is 6.10 Å². The van der Waals surface area contributed by atoms with Gasteiger partial charge in [0, 0.05) is 17.7 Å². The molecule has 0 aromatic heterocycles. The molecule has 1 heterocycles. The Bertz CT molecular complexity index is 757. The smallest absolute Gasteiger partial charge is 0.416 e. The number of rotatable bonds is 2. The van der Waals surface area contributed by atoms with Gasteiger partial charge in [0.15, 0.2) is 5.75 Å². The fraction of sp³-hybridized carbons (Fsp3) is 0.250. The highest BCUT2D eigenvalue weighted by molar-refractivity contribution is 6.39. The molecule has 1 aliphatic heterocycles. The van der Waals surface area contributed by atoms with E-state index >= 15 is 0 Å². The van der Waals surface area contributed by atoms with E-state index in [2.05, 4.69) is 5.32 Å². The van der Waals surface area contributed by atoms with E-state index < -0.39 is 11.7 Å². The van der Waals surface area contributed by atoms with Crippen molar-refractivity contribution in [1.82, 2.24) is 0 Å². The van der Waals surface area contributed by atoms with Crippen molar-refractivity contribution in [3.05, 3.63) is 45.9 Å². The average molecular weight is 377 g/mol. The van der Waals surface area contributed by atoms with E-state index in [1.165, 1.54) is 0 Å². The molecule has 0 amide bonds. The monoisotopic (exact) mass is 376 g/mol. The van der Waals surface area contributed by atoms with Crippen molar-refractivity contribution in [1.29, 1.82) is 0 Å². The van der Waals surface area contributed by atoms with Crippen molar-refractivity contribution in [3.63, 3.8) is 0 Å². The number of nitrogens with two attached hydrogens (primary N) is 1. The van der Waals surface area contributed by atoms with Crippen LogP contribution in [0.4, 0.5) is 18.9 Å². The van der Waals surface area contributed by atoms with Crippen LogP contribution in [0.2, 0.25) is 10.0 Å². The van der Waals surface area contributed by atoms with E-state index in [4.69, 9.17) is 33.7 Å². The molecule has 3 rings (SSSR count). The summed E-state index contributed by atoms with van der Waals surface area (Å²) in [5.41, 5.74) is 6.26. The number of hydrogen-bond donors (Lipinski definition) is 2. The Morgan fingerprint density at radius 3 is 2.46 bits per heavy atom. The molecule has 0 bridgehead atoms. The number of nitrogens with one attached hydrogen (secondary N) is 1. The number of alkyl halides is 3. The van der Waals surface area contributed by atoms with Gasteiger partial charge in [-0.25, -0.2) is 0 Å². The summed E-state index contributed by atoms with van der Waals surface area (Å²) in [5.74, 6) is 0.475. The summed E-state index contributed by atoms with van der Waals surface area (Å²) >= 11 is 12.2. The zero-order chi connectivity index (χ0) is 17.5. The van der Waals surface area contributed by atoms with E-state index in [1.54, 1.807) is 18.2 Å². The van der Waals surface area contributed by atoms with E-state index in [-0.39, 0.29) is 16.1 Å². The van der Waals surface area contributed by atoms with Crippen molar-refractivity contribution in [3.8, 4) is 16.9 Å². The Morgan fingerprint density at radius 2 is 1.88 bits per heavy atom. The minimum atomic E-state index is -4.52. The van der Waals surface area contributed by atoms with E-state index in [9.17, 15) is 13.2 Å². The van der Waals surface area contributed by atoms with Crippen LogP contribution in [0, 0.1) is 0 Å². The van der Waals surface area contributed by atoms with E-state index in [0.29, 0.717) is 35.7 Å². The molecule has 0 aliphatic carbocycles. The quantitative estimate of drug-likeness (QED) is 0.790. The maximum absolute atomic E-state index is 12.9. The second-order valence-electron chi connectivity index (χ2n) is 5.35. The Labute approximate surface area is 146 Å². The molecule has 0 spiro atoms. The van der Waals surface area contributed by atoms with Gasteiger partial charge in [0.05, 0.1) is 27.8 Å². The molecule has 0 unspecified atom stereocenters. The largest absolute Gasteiger partial charge is 0.484 e. The van der Waals surface area contributed by atoms with Crippen LogP contribution in [0.3, 0.4) is 0 Å². The van der Waals surface area contributed by atoms with Crippen LogP contribution >= 0.6 is 23.2 Å². The summed E-state index contributed by atoms with van der Waals surface area (Å²) in [6, 6.07) is 6.96. The van der Waals surface area contributed by atoms with Gasteiger partial charge in [-0.3, -0.25) is 0 Å². The van der Waals surface area contributed by atoms with Crippen LogP contribution in [-0.4, -0.2) is 19.2 Å². The molecule has 128 valence electrons. The fourth-order valence-corrected chi connectivity index (χ4v) is 3.25. The normalized spacial score (nSPS) is 17.0. The molecule has 2 aromatic rings. The van der Waals surface area contributed by atoms with Gasteiger partial charge < -0.3 is 15.8 Å². The highest BCUT2D eigenvalue weighted by atomic mass is 35.5. The molecular formula is C16H13Cl2F3N2O. The Morgan fingerprint density at radius 1 is 1.21 bits per heavy atom. The maximum Gasteiger partial charge on any atom is 0.416 e. The maximum atomic E-state index is 12.9. The molecule has 0 saturated carbocycles. The van der Waals surface area contributed by atoms with E-state index in [0.717, 1.165) is 12.1 Å². The van der Waals surface area contributed by atoms with Gasteiger partial charge in [-0.2, -0.15) is 13.2 Å². The first-order valence-corrected chi connectivity index (χ1v) is 7.87. The Hall–Kier alpha value is -1.63. The number of fused-ring (bicyclic) bond motifs is 1. The van der Waals surface area contributed by atoms with Crippen molar-refractivity contribution in [2.75, 3.05) is 18.4 Å². The molecule has 8 heteroatoms. The van der Waals surface area contributed by atoms with Crippen LogP contribution in [-0.2, 0) is 6.18 Å². The predicted octanol–water partition coefficient (Wildman–Crippen LogP) is 4.81. The molecule has 24 heavy (non-hydrogen) atoms. The Balaban J connectivity index is 2.14. The number of para-hydroxylation sites is 1. The first-order chi connectivity index (χ1) is 11.3. The molecule has 1 atom stereocenters. The average Bonchev–Trinajstić information content (AvgIpc) is 2.53. The summed E-state index contributed by atoms with van der Waals surface area (Å²) in [5, 5.41) is 2.99. The third-order valence-electron chi connectivity index (χ3n) is 3.72. The van der Waals surface area contributed by atoms with Crippen LogP contribution in [0.5, 0.6) is 5.75 Å². The molecule has 0 saturated heterocycles. The fourth-order valence-electron chi connectivity index (χ4n) is 2.56. The lowest BCUT2D eigenvalue weighted by atomic mass is 10.0. The lowest BCUT2D eigenvalue weighted by Crippen LogP contribution is -2.37. The van der Waals surface area contributed by atoms with Crippen LogP contribution in [0.25, 0.3) is 11.1 Å². The zero-order valence-electron chi connectivity index (χ0n) is 12.3. The second-order valence-corrected chi connectivity index (χ2v) is 6.17.